The Kier molecular flexibility index (Phi) is 8.62. The first-order valence-corrected chi connectivity index (χ1v) is 8.72. The summed E-state index contributed by atoms with van der Waals surface area (Å²) in [6, 6.07) is 9.70. The fourth-order valence-electron chi connectivity index (χ4n) is 2.26. The van der Waals surface area contributed by atoms with Crippen LogP contribution >= 0.6 is 0 Å². The lowest BCUT2D eigenvalue weighted by atomic mass is 10.1. The number of carbonyl (C=O) groups is 2. The number of nitrogens with zero attached hydrogens (tertiary/aromatic N) is 1. The molecule has 0 N–H and O–H groups in total. The zero-order valence-corrected chi connectivity index (χ0v) is 16.2. The first-order valence-electron chi connectivity index (χ1n) is 8.72. The number of rotatable bonds is 8. The minimum atomic E-state index is -0.658. The molecule has 0 radical (unpaired) electrons. The van der Waals surface area contributed by atoms with Crippen LogP contribution in [0.4, 0.5) is 4.79 Å². The van der Waals surface area contributed by atoms with E-state index in [2.05, 4.69) is 6.58 Å². The Bertz CT molecular complexity index is 629. The average molecular weight is 359 g/mol. The van der Waals surface area contributed by atoms with Crippen molar-refractivity contribution in [2.75, 3.05) is 13.7 Å². The molecule has 0 heterocycles. The van der Waals surface area contributed by atoms with Crippen LogP contribution in [-0.4, -0.2) is 36.2 Å². The van der Waals surface area contributed by atoms with Gasteiger partial charge in [-0.3, -0.25) is 4.90 Å². The van der Waals surface area contributed by atoms with Crippen LogP contribution in [0.2, 0.25) is 0 Å². The van der Waals surface area contributed by atoms with Gasteiger partial charge in [-0.15, -0.1) is 6.58 Å². The predicted octanol–water partition coefficient (Wildman–Crippen LogP) is 4.49. The monoisotopic (exact) mass is 359 g/mol. The van der Waals surface area contributed by atoms with Crippen molar-refractivity contribution in [1.29, 1.82) is 0 Å². The highest BCUT2D eigenvalue weighted by Crippen LogP contribution is 2.17. The van der Waals surface area contributed by atoms with Gasteiger partial charge < -0.3 is 9.47 Å². The number of hydrogen-bond donors (Lipinski definition) is 0. The van der Waals surface area contributed by atoms with E-state index in [9.17, 15) is 9.59 Å². The molecule has 0 fully saturated rings. The lowest BCUT2D eigenvalue weighted by Crippen LogP contribution is -2.39. The molecule has 0 unspecified atom stereocenters. The van der Waals surface area contributed by atoms with Gasteiger partial charge in [-0.25, -0.2) is 9.59 Å². The van der Waals surface area contributed by atoms with Gasteiger partial charge in [0.1, 0.15) is 11.3 Å². The number of amides is 1. The first-order chi connectivity index (χ1) is 12.3. The summed E-state index contributed by atoms with van der Waals surface area (Å²) in [5.41, 5.74) is 0.563. The number of ether oxygens (including phenoxy) is 2. The molecule has 5 heteroatoms. The molecular weight excluding hydrogens is 330 g/mol. The van der Waals surface area contributed by atoms with Gasteiger partial charge in [0.25, 0.3) is 0 Å². The van der Waals surface area contributed by atoms with Crippen molar-refractivity contribution in [2.45, 2.75) is 45.6 Å². The summed E-state index contributed by atoms with van der Waals surface area (Å²) in [5.74, 6) is -0.564. The highest BCUT2D eigenvalue weighted by molar-refractivity contribution is 5.92. The fourth-order valence-corrected chi connectivity index (χ4v) is 2.26. The zero-order valence-electron chi connectivity index (χ0n) is 16.2. The molecular formula is C21H29NO4. The van der Waals surface area contributed by atoms with Crippen molar-refractivity contribution in [3.8, 4) is 0 Å². The minimum absolute atomic E-state index is 0.190. The topological polar surface area (TPSA) is 55.8 Å². The van der Waals surface area contributed by atoms with Crippen LogP contribution in [0.1, 0.15) is 39.2 Å². The molecule has 0 spiro atoms. The maximum Gasteiger partial charge on any atom is 0.415 e. The van der Waals surface area contributed by atoms with Crippen molar-refractivity contribution in [3.63, 3.8) is 0 Å². The third-order valence-corrected chi connectivity index (χ3v) is 3.46. The Morgan fingerprint density at radius 3 is 2.38 bits per heavy atom. The van der Waals surface area contributed by atoms with E-state index >= 15 is 0 Å². The van der Waals surface area contributed by atoms with Crippen LogP contribution < -0.4 is 0 Å². The van der Waals surface area contributed by atoms with Gasteiger partial charge in [-0.1, -0.05) is 36.4 Å². The second-order valence-corrected chi connectivity index (χ2v) is 6.83. The SMILES string of the molecule is C=CCCCN(C(=O)OC(C)(C)C)/C(=C/Cc1ccccc1)C(=O)OC. The number of hydrogen-bond acceptors (Lipinski definition) is 4. The van der Waals surface area contributed by atoms with Crippen molar-refractivity contribution in [2.24, 2.45) is 0 Å². The Labute approximate surface area is 156 Å². The Balaban J connectivity index is 3.11. The van der Waals surface area contributed by atoms with Gasteiger partial charge in [0.2, 0.25) is 0 Å². The third-order valence-electron chi connectivity index (χ3n) is 3.46. The number of esters is 1. The van der Waals surface area contributed by atoms with E-state index in [-0.39, 0.29) is 5.70 Å². The molecule has 1 amide bonds. The van der Waals surface area contributed by atoms with Gasteiger partial charge in [-0.05, 0) is 51.7 Å². The number of methoxy groups -OCH3 is 1. The summed E-state index contributed by atoms with van der Waals surface area (Å²) in [6.07, 6.45) is 4.82. The highest BCUT2D eigenvalue weighted by atomic mass is 16.6. The highest BCUT2D eigenvalue weighted by Gasteiger charge is 2.28. The van der Waals surface area contributed by atoms with E-state index in [0.29, 0.717) is 19.4 Å². The van der Waals surface area contributed by atoms with Gasteiger partial charge >= 0.3 is 12.1 Å². The number of benzene rings is 1. The molecule has 142 valence electrons. The molecule has 0 aromatic heterocycles. The lowest BCUT2D eigenvalue weighted by Gasteiger charge is -2.28. The van der Waals surface area contributed by atoms with E-state index < -0.39 is 17.7 Å². The second-order valence-electron chi connectivity index (χ2n) is 6.83. The van der Waals surface area contributed by atoms with Crippen LogP contribution in [0.25, 0.3) is 0 Å². The maximum absolute atomic E-state index is 12.7. The lowest BCUT2D eigenvalue weighted by molar-refractivity contribution is -0.138. The summed E-state index contributed by atoms with van der Waals surface area (Å²) in [4.78, 5) is 26.3. The van der Waals surface area contributed by atoms with Gasteiger partial charge in [0.05, 0.1) is 7.11 Å². The van der Waals surface area contributed by atoms with Crippen molar-refractivity contribution in [1.82, 2.24) is 4.90 Å². The van der Waals surface area contributed by atoms with Crippen LogP contribution in [-0.2, 0) is 20.7 Å². The standard InChI is InChI=1S/C21H29NO4/c1-6-7-11-16-22(20(24)26-21(2,3)4)18(19(23)25-5)15-14-17-12-9-8-10-13-17/h6,8-10,12-13,15H,1,7,11,14,16H2,2-5H3/b18-15+. The summed E-state index contributed by atoms with van der Waals surface area (Å²) in [5, 5.41) is 0. The molecule has 1 aromatic carbocycles. The second kappa shape index (κ2) is 10.4. The molecule has 5 nitrogen and oxygen atoms in total. The molecule has 0 saturated heterocycles. The number of allylic oxidation sites excluding steroid dienone is 2. The van der Waals surface area contributed by atoms with E-state index in [0.717, 1.165) is 12.0 Å². The van der Waals surface area contributed by atoms with Crippen LogP contribution in [0, 0.1) is 0 Å². The minimum Gasteiger partial charge on any atom is -0.464 e. The molecule has 0 saturated carbocycles. The Morgan fingerprint density at radius 2 is 1.85 bits per heavy atom. The Morgan fingerprint density at radius 1 is 1.19 bits per heavy atom. The third kappa shape index (κ3) is 7.55. The average Bonchev–Trinajstić information content (AvgIpc) is 2.59. The Hall–Kier alpha value is -2.56. The van der Waals surface area contributed by atoms with Gasteiger partial charge in [0, 0.05) is 6.54 Å². The van der Waals surface area contributed by atoms with Gasteiger partial charge in [0.15, 0.2) is 0 Å². The summed E-state index contributed by atoms with van der Waals surface area (Å²) < 4.78 is 10.4. The predicted molar refractivity (Wildman–Crippen MR) is 103 cm³/mol. The van der Waals surface area contributed by atoms with E-state index in [1.54, 1.807) is 32.9 Å². The maximum atomic E-state index is 12.7. The summed E-state index contributed by atoms with van der Waals surface area (Å²) in [7, 11) is 1.30. The molecule has 26 heavy (non-hydrogen) atoms. The zero-order chi connectivity index (χ0) is 19.6. The molecule has 0 aliphatic heterocycles. The van der Waals surface area contributed by atoms with Crippen LogP contribution in [0.15, 0.2) is 54.8 Å². The van der Waals surface area contributed by atoms with E-state index in [1.807, 2.05) is 30.3 Å². The fraction of sp³-hybridized carbons (Fsp3) is 0.429. The molecule has 1 aromatic rings. The van der Waals surface area contributed by atoms with E-state index in [1.165, 1.54) is 12.0 Å². The van der Waals surface area contributed by atoms with Crippen molar-refractivity contribution >= 4 is 12.1 Å². The van der Waals surface area contributed by atoms with Crippen LogP contribution in [0.3, 0.4) is 0 Å². The summed E-state index contributed by atoms with van der Waals surface area (Å²) in [6.45, 7) is 9.41. The molecule has 1 rings (SSSR count). The number of carbonyl (C=O) groups excluding carboxylic acids is 2. The van der Waals surface area contributed by atoms with Crippen molar-refractivity contribution < 1.29 is 19.1 Å². The molecule has 0 bridgehead atoms. The molecule has 0 aliphatic rings. The van der Waals surface area contributed by atoms with Crippen LogP contribution in [0.5, 0.6) is 0 Å². The number of unbranched alkanes of at least 4 members (excludes halogenated alkanes) is 1. The summed E-state index contributed by atoms with van der Waals surface area (Å²) >= 11 is 0. The quantitative estimate of drug-likeness (QED) is 0.297. The van der Waals surface area contributed by atoms with Gasteiger partial charge in [-0.2, -0.15) is 0 Å². The first kappa shape index (κ1) is 21.5. The molecule has 0 atom stereocenters. The van der Waals surface area contributed by atoms with Crippen molar-refractivity contribution in [3.05, 3.63) is 60.3 Å². The van der Waals surface area contributed by atoms with E-state index in [4.69, 9.17) is 9.47 Å². The largest absolute Gasteiger partial charge is 0.464 e. The smallest absolute Gasteiger partial charge is 0.415 e. The molecule has 0 aliphatic carbocycles. The normalized spacial score (nSPS) is 11.6.